The van der Waals surface area contributed by atoms with E-state index in [2.05, 4.69) is 54.3 Å². The molecule has 1 N–H and O–H groups in total. The standard InChI is InChI=1S/C16H18N4/c1-12-6-4-5-7-14(12)16(2,3)10-18-15-8-13(9-17)19-11-20-15/h4-8,11H,10H2,1-3H3,(H,18,19,20). The Morgan fingerprint density at radius 1 is 1.25 bits per heavy atom. The SMILES string of the molecule is Cc1ccccc1C(C)(C)CNc1cc(C#N)ncn1. The maximum Gasteiger partial charge on any atom is 0.145 e. The first-order valence-electron chi connectivity index (χ1n) is 6.55. The Kier molecular flexibility index (Phi) is 3.99. The summed E-state index contributed by atoms with van der Waals surface area (Å²) in [4.78, 5) is 8.00. The summed E-state index contributed by atoms with van der Waals surface area (Å²) in [5.74, 6) is 0.679. The molecule has 0 aliphatic rings. The number of rotatable bonds is 4. The van der Waals surface area contributed by atoms with Gasteiger partial charge in [0, 0.05) is 18.0 Å². The number of aryl methyl sites for hydroxylation is 1. The summed E-state index contributed by atoms with van der Waals surface area (Å²) in [5, 5.41) is 12.1. The van der Waals surface area contributed by atoms with E-state index in [9.17, 15) is 0 Å². The largest absolute Gasteiger partial charge is 0.369 e. The zero-order valence-electron chi connectivity index (χ0n) is 12.0. The van der Waals surface area contributed by atoms with Crippen molar-refractivity contribution in [3.05, 3.63) is 53.5 Å². The summed E-state index contributed by atoms with van der Waals surface area (Å²) in [6, 6.07) is 12.1. The van der Waals surface area contributed by atoms with Crippen LogP contribution in [0.1, 0.15) is 30.7 Å². The Morgan fingerprint density at radius 2 is 2.00 bits per heavy atom. The summed E-state index contributed by atoms with van der Waals surface area (Å²) < 4.78 is 0. The van der Waals surface area contributed by atoms with Crippen molar-refractivity contribution in [1.29, 1.82) is 5.26 Å². The Hall–Kier alpha value is -2.41. The molecule has 0 atom stereocenters. The second-order valence-corrected chi connectivity index (χ2v) is 5.45. The molecular formula is C16H18N4. The number of hydrogen-bond acceptors (Lipinski definition) is 4. The highest BCUT2D eigenvalue weighted by atomic mass is 15.0. The highest BCUT2D eigenvalue weighted by Crippen LogP contribution is 2.26. The van der Waals surface area contributed by atoms with Crippen molar-refractivity contribution >= 4 is 5.82 Å². The van der Waals surface area contributed by atoms with Crippen molar-refractivity contribution in [1.82, 2.24) is 9.97 Å². The Morgan fingerprint density at radius 3 is 2.70 bits per heavy atom. The molecule has 2 rings (SSSR count). The van der Waals surface area contributed by atoms with Gasteiger partial charge in [-0.25, -0.2) is 9.97 Å². The van der Waals surface area contributed by atoms with Gasteiger partial charge in [0.15, 0.2) is 0 Å². The van der Waals surface area contributed by atoms with Crippen molar-refractivity contribution in [3.63, 3.8) is 0 Å². The third-order valence-corrected chi connectivity index (χ3v) is 3.37. The van der Waals surface area contributed by atoms with E-state index in [-0.39, 0.29) is 5.41 Å². The lowest BCUT2D eigenvalue weighted by Gasteiger charge is -2.27. The van der Waals surface area contributed by atoms with Gasteiger partial charge in [0.05, 0.1) is 0 Å². The fourth-order valence-electron chi connectivity index (χ4n) is 2.25. The average molecular weight is 266 g/mol. The number of hydrogen-bond donors (Lipinski definition) is 1. The number of nitriles is 1. The highest BCUT2D eigenvalue weighted by molar-refractivity contribution is 5.41. The van der Waals surface area contributed by atoms with Crippen LogP contribution in [0.15, 0.2) is 36.7 Å². The predicted molar refractivity (Wildman–Crippen MR) is 79.4 cm³/mol. The van der Waals surface area contributed by atoms with Gasteiger partial charge >= 0.3 is 0 Å². The van der Waals surface area contributed by atoms with E-state index < -0.39 is 0 Å². The smallest absolute Gasteiger partial charge is 0.145 e. The second-order valence-electron chi connectivity index (χ2n) is 5.45. The van der Waals surface area contributed by atoms with Crippen molar-refractivity contribution in [3.8, 4) is 6.07 Å². The lowest BCUT2D eigenvalue weighted by atomic mass is 9.82. The van der Waals surface area contributed by atoms with Gasteiger partial charge < -0.3 is 5.32 Å². The van der Waals surface area contributed by atoms with Crippen LogP contribution in [0, 0.1) is 18.3 Å². The fraction of sp³-hybridized carbons (Fsp3) is 0.312. The topological polar surface area (TPSA) is 61.6 Å². The zero-order valence-corrected chi connectivity index (χ0v) is 12.0. The van der Waals surface area contributed by atoms with E-state index in [0.29, 0.717) is 11.5 Å². The minimum atomic E-state index is -0.0247. The number of nitrogens with zero attached hydrogens (tertiary/aromatic N) is 3. The van der Waals surface area contributed by atoms with Crippen LogP contribution >= 0.6 is 0 Å². The Labute approximate surface area is 119 Å². The maximum absolute atomic E-state index is 8.84. The monoisotopic (exact) mass is 266 g/mol. The first-order chi connectivity index (χ1) is 9.53. The lowest BCUT2D eigenvalue weighted by Crippen LogP contribution is -2.28. The minimum absolute atomic E-state index is 0.0247. The Balaban J connectivity index is 2.13. The lowest BCUT2D eigenvalue weighted by molar-refractivity contribution is 0.552. The predicted octanol–water partition coefficient (Wildman–Crippen LogP) is 3.05. The molecule has 0 unspecified atom stereocenters. The number of nitrogens with one attached hydrogen (secondary N) is 1. The molecule has 0 saturated heterocycles. The molecule has 1 heterocycles. The van der Waals surface area contributed by atoms with Gasteiger partial charge in [-0.15, -0.1) is 0 Å². The van der Waals surface area contributed by atoms with Crippen LogP contribution in [0.2, 0.25) is 0 Å². The molecule has 0 fully saturated rings. The van der Waals surface area contributed by atoms with Crippen LogP contribution in [-0.2, 0) is 5.41 Å². The third kappa shape index (κ3) is 3.12. The molecule has 2 aromatic rings. The molecule has 0 saturated carbocycles. The number of benzene rings is 1. The van der Waals surface area contributed by atoms with Crippen LogP contribution in [0.4, 0.5) is 5.82 Å². The van der Waals surface area contributed by atoms with Gasteiger partial charge in [0.1, 0.15) is 23.9 Å². The van der Waals surface area contributed by atoms with Crippen LogP contribution in [0.3, 0.4) is 0 Å². The highest BCUT2D eigenvalue weighted by Gasteiger charge is 2.22. The summed E-state index contributed by atoms with van der Waals surface area (Å²) in [6.07, 6.45) is 1.40. The molecule has 4 heteroatoms. The van der Waals surface area contributed by atoms with Crippen molar-refractivity contribution < 1.29 is 0 Å². The van der Waals surface area contributed by atoms with Gasteiger partial charge in [-0.1, -0.05) is 38.1 Å². The Bertz CT molecular complexity index is 641. The van der Waals surface area contributed by atoms with Crippen molar-refractivity contribution in [2.24, 2.45) is 0 Å². The number of aromatic nitrogens is 2. The summed E-state index contributed by atoms with van der Waals surface area (Å²) in [5.41, 5.74) is 2.93. The van der Waals surface area contributed by atoms with Crippen LogP contribution in [0.25, 0.3) is 0 Å². The molecule has 102 valence electrons. The molecule has 0 spiro atoms. The summed E-state index contributed by atoms with van der Waals surface area (Å²) in [6.45, 7) is 7.23. The van der Waals surface area contributed by atoms with Crippen molar-refractivity contribution in [2.45, 2.75) is 26.2 Å². The molecule has 0 aliphatic heterocycles. The van der Waals surface area contributed by atoms with Crippen LogP contribution in [-0.4, -0.2) is 16.5 Å². The fourth-order valence-corrected chi connectivity index (χ4v) is 2.25. The maximum atomic E-state index is 8.84. The van der Waals surface area contributed by atoms with E-state index in [1.165, 1.54) is 17.5 Å². The molecule has 1 aromatic carbocycles. The first-order valence-corrected chi connectivity index (χ1v) is 6.55. The second kappa shape index (κ2) is 5.70. The van der Waals surface area contributed by atoms with Crippen LogP contribution < -0.4 is 5.32 Å². The van der Waals surface area contributed by atoms with Crippen molar-refractivity contribution in [2.75, 3.05) is 11.9 Å². The van der Waals surface area contributed by atoms with E-state index >= 15 is 0 Å². The van der Waals surface area contributed by atoms with E-state index in [0.717, 1.165) is 6.54 Å². The van der Waals surface area contributed by atoms with E-state index in [1.54, 1.807) is 6.07 Å². The zero-order chi connectivity index (χ0) is 14.6. The quantitative estimate of drug-likeness (QED) is 0.924. The van der Waals surface area contributed by atoms with Gasteiger partial charge in [0.25, 0.3) is 0 Å². The molecule has 20 heavy (non-hydrogen) atoms. The summed E-state index contributed by atoms with van der Waals surface area (Å²) in [7, 11) is 0. The van der Waals surface area contributed by atoms with E-state index in [4.69, 9.17) is 5.26 Å². The molecular weight excluding hydrogens is 248 g/mol. The van der Waals surface area contributed by atoms with Gasteiger partial charge in [-0.3, -0.25) is 0 Å². The molecule has 0 amide bonds. The van der Waals surface area contributed by atoms with Gasteiger partial charge in [0.2, 0.25) is 0 Å². The van der Waals surface area contributed by atoms with Gasteiger partial charge in [-0.2, -0.15) is 5.26 Å². The minimum Gasteiger partial charge on any atom is -0.369 e. The van der Waals surface area contributed by atoms with Crippen LogP contribution in [0.5, 0.6) is 0 Å². The molecule has 1 aromatic heterocycles. The first kappa shape index (κ1) is 14.0. The molecule has 0 bridgehead atoms. The molecule has 0 aliphatic carbocycles. The normalized spacial score (nSPS) is 10.9. The molecule has 4 nitrogen and oxygen atoms in total. The average Bonchev–Trinajstić information content (AvgIpc) is 2.46. The number of anilines is 1. The van der Waals surface area contributed by atoms with Gasteiger partial charge in [-0.05, 0) is 18.1 Å². The van der Waals surface area contributed by atoms with E-state index in [1.807, 2.05) is 12.1 Å². The third-order valence-electron chi connectivity index (χ3n) is 3.37. The molecule has 0 radical (unpaired) electrons. The summed E-state index contributed by atoms with van der Waals surface area (Å²) >= 11 is 0.